The van der Waals surface area contributed by atoms with Gasteiger partial charge in [0.25, 0.3) is 5.91 Å². The van der Waals surface area contributed by atoms with Crippen LogP contribution >= 0.6 is 23.1 Å². The molecule has 2 aromatic heterocycles. The fourth-order valence-electron chi connectivity index (χ4n) is 3.34. The van der Waals surface area contributed by atoms with Crippen LogP contribution in [0.4, 0.5) is 10.1 Å². The lowest BCUT2D eigenvalue weighted by atomic mass is 10.2. The summed E-state index contributed by atoms with van der Waals surface area (Å²) in [5.41, 5.74) is 2.51. The van der Waals surface area contributed by atoms with Gasteiger partial charge in [0.1, 0.15) is 10.6 Å². The minimum Gasteiger partial charge on any atom is -0.320 e. The van der Waals surface area contributed by atoms with Crippen LogP contribution < -0.4 is 5.32 Å². The molecule has 0 saturated heterocycles. The lowest BCUT2D eigenvalue weighted by Crippen LogP contribution is -2.11. The first-order valence-corrected chi connectivity index (χ1v) is 11.8. The molecule has 0 saturated carbocycles. The van der Waals surface area contributed by atoms with E-state index in [0.717, 1.165) is 32.1 Å². The number of aromatic nitrogens is 2. The summed E-state index contributed by atoms with van der Waals surface area (Å²) >= 11 is 2.96. The topological polar surface area (TPSA) is 70.7 Å². The number of amides is 1. The number of nitrogens with zero attached hydrogens (tertiary/aromatic N) is 3. The minimum absolute atomic E-state index is 0.127. The third kappa shape index (κ3) is 4.85. The number of carbonyl (C=O) groups excluding carboxylic acids is 1. The molecule has 1 atom stereocenters. The lowest BCUT2D eigenvalue weighted by Gasteiger charge is -2.12. The van der Waals surface area contributed by atoms with E-state index in [9.17, 15) is 9.18 Å². The molecule has 32 heavy (non-hydrogen) atoms. The Morgan fingerprint density at radius 2 is 2.03 bits per heavy atom. The van der Waals surface area contributed by atoms with Crippen molar-refractivity contribution in [2.75, 3.05) is 5.32 Å². The van der Waals surface area contributed by atoms with E-state index >= 15 is 0 Å². The summed E-state index contributed by atoms with van der Waals surface area (Å²) < 4.78 is 15.1. The van der Waals surface area contributed by atoms with E-state index < -0.39 is 0 Å². The zero-order chi connectivity index (χ0) is 22.7. The van der Waals surface area contributed by atoms with Crippen LogP contribution in [0.25, 0.3) is 10.2 Å². The number of para-hydroxylation sites is 1. The van der Waals surface area contributed by atoms with Crippen molar-refractivity contribution in [3.05, 3.63) is 76.5 Å². The van der Waals surface area contributed by atoms with Crippen LogP contribution in [0.2, 0.25) is 0 Å². The number of nitriles is 1. The minimum atomic E-state index is -0.272. The fourth-order valence-corrected chi connectivity index (χ4v) is 5.39. The second kappa shape index (κ2) is 9.55. The van der Waals surface area contributed by atoms with E-state index in [0.29, 0.717) is 17.8 Å². The number of hydrogen-bond donors (Lipinski definition) is 1. The van der Waals surface area contributed by atoms with Crippen molar-refractivity contribution < 1.29 is 9.18 Å². The Morgan fingerprint density at radius 3 is 2.78 bits per heavy atom. The normalized spacial score (nSPS) is 11.9. The third-order valence-electron chi connectivity index (χ3n) is 4.92. The Labute approximate surface area is 193 Å². The highest BCUT2D eigenvalue weighted by Crippen LogP contribution is 2.33. The molecule has 2 aromatic carbocycles. The largest absolute Gasteiger partial charge is 0.320 e. The molecule has 0 bridgehead atoms. The van der Waals surface area contributed by atoms with E-state index in [1.165, 1.54) is 23.5 Å². The molecule has 0 radical (unpaired) electrons. The number of carbonyl (C=O) groups is 1. The average molecular weight is 465 g/mol. The maximum atomic E-state index is 13.2. The first-order chi connectivity index (χ1) is 15.4. The fraction of sp³-hybridized carbons (Fsp3) is 0.208. The van der Waals surface area contributed by atoms with Gasteiger partial charge in [-0.25, -0.2) is 4.39 Å². The van der Waals surface area contributed by atoms with Crippen LogP contribution in [0.5, 0.6) is 0 Å². The van der Waals surface area contributed by atoms with Crippen molar-refractivity contribution in [2.45, 2.75) is 37.0 Å². The van der Waals surface area contributed by atoms with E-state index in [-0.39, 0.29) is 17.0 Å². The molecule has 1 amide bonds. The molecule has 1 unspecified atom stereocenters. The number of aryl methyl sites for hydroxylation is 1. The van der Waals surface area contributed by atoms with Gasteiger partial charge in [0.05, 0.1) is 28.9 Å². The number of benzene rings is 2. The van der Waals surface area contributed by atoms with Crippen LogP contribution in [-0.4, -0.2) is 20.9 Å². The molecular formula is C24H21FN4OS2. The summed E-state index contributed by atoms with van der Waals surface area (Å²) in [4.78, 5) is 15.5. The van der Waals surface area contributed by atoms with Crippen LogP contribution in [-0.2, 0) is 6.54 Å². The first-order valence-electron chi connectivity index (χ1n) is 10.1. The molecule has 8 heteroatoms. The van der Waals surface area contributed by atoms with Gasteiger partial charge in [-0.1, -0.05) is 31.2 Å². The van der Waals surface area contributed by atoms with Crippen LogP contribution in [0.3, 0.4) is 0 Å². The van der Waals surface area contributed by atoms with Gasteiger partial charge in [-0.15, -0.1) is 23.1 Å². The molecule has 5 nitrogen and oxygen atoms in total. The summed E-state index contributed by atoms with van der Waals surface area (Å²) in [5.74, 6) is -0.453. The zero-order valence-electron chi connectivity index (χ0n) is 17.6. The molecule has 0 aliphatic heterocycles. The highest BCUT2D eigenvalue weighted by molar-refractivity contribution is 8.00. The predicted molar refractivity (Wildman–Crippen MR) is 128 cm³/mol. The predicted octanol–water partition coefficient (Wildman–Crippen LogP) is 6.24. The van der Waals surface area contributed by atoms with Gasteiger partial charge in [0.2, 0.25) is 0 Å². The van der Waals surface area contributed by atoms with Gasteiger partial charge in [0.15, 0.2) is 0 Å². The quantitative estimate of drug-likeness (QED) is 0.329. The molecule has 162 valence electrons. The zero-order valence-corrected chi connectivity index (χ0v) is 19.3. The van der Waals surface area contributed by atoms with Crippen molar-refractivity contribution in [2.24, 2.45) is 0 Å². The Hall–Kier alpha value is -3.15. The van der Waals surface area contributed by atoms with Gasteiger partial charge in [-0.3, -0.25) is 9.48 Å². The first kappa shape index (κ1) is 22.1. The molecule has 1 N–H and O–H groups in total. The highest BCUT2D eigenvalue weighted by Gasteiger charge is 2.18. The highest BCUT2D eigenvalue weighted by atomic mass is 32.2. The van der Waals surface area contributed by atoms with Gasteiger partial charge >= 0.3 is 0 Å². The average Bonchev–Trinajstić information content (AvgIpc) is 3.33. The second-order valence-corrected chi connectivity index (χ2v) is 9.95. The molecule has 0 fully saturated rings. The standard InChI is InChI=1S/C24H21FN4OS2/c1-15(11-12-26)31-21-6-4-3-5-20(21)27-23(30)22-13-19-16(2)28-29(24(19)32-22)14-17-7-9-18(25)10-8-17/h3-10,13,15H,11,14H2,1-2H3,(H,27,30). The van der Waals surface area contributed by atoms with E-state index in [1.54, 1.807) is 23.9 Å². The number of nitrogens with one attached hydrogen (secondary N) is 1. The molecule has 4 rings (SSSR count). The number of hydrogen-bond acceptors (Lipinski definition) is 5. The monoisotopic (exact) mass is 464 g/mol. The Morgan fingerprint density at radius 1 is 1.28 bits per heavy atom. The Balaban J connectivity index is 1.56. The molecule has 0 aliphatic rings. The maximum Gasteiger partial charge on any atom is 0.265 e. The SMILES string of the molecule is Cc1nn(Cc2ccc(F)cc2)c2sc(C(=O)Nc3ccccc3SC(C)CC#N)cc12. The van der Waals surface area contributed by atoms with Gasteiger partial charge in [-0.05, 0) is 42.8 Å². The second-order valence-electron chi connectivity index (χ2n) is 7.44. The molecule has 0 spiro atoms. The number of rotatable bonds is 7. The molecule has 0 aliphatic carbocycles. The van der Waals surface area contributed by atoms with Crippen molar-refractivity contribution in [1.29, 1.82) is 5.26 Å². The number of thioether (sulfide) groups is 1. The Bertz CT molecular complexity index is 1300. The van der Waals surface area contributed by atoms with Crippen LogP contribution in [0, 0.1) is 24.1 Å². The number of halogens is 1. The molecular weight excluding hydrogens is 443 g/mol. The van der Waals surface area contributed by atoms with Crippen molar-refractivity contribution >= 4 is 44.9 Å². The third-order valence-corrected chi connectivity index (χ3v) is 7.25. The number of thiophene rings is 1. The van der Waals surface area contributed by atoms with Crippen molar-refractivity contribution in [1.82, 2.24) is 9.78 Å². The summed E-state index contributed by atoms with van der Waals surface area (Å²) in [5, 5.41) is 17.6. The number of anilines is 1. The van der Waals surface area contributed by atoms with E-state index in [2.05, 4.69) is 16.5 Å². The van der Waals surface area contributed by atoms with Gasteiger partial charge in [0, 0.05) is 22.0 Å². The molecule has 4 aromatic rings. The molecule has 2 heterocycles. The van der Waals surface area contributed by atoms with Crippen molar-refractivity contribution in [3.8, 4) is 6.07 Å². The number of fused-ring (bicyclic) bond motifs is 1. The maximum absolute atomic E-state index is 13.2. The van der Waals surface area contributed by atoms with Crippen molar-refractivity contribution in [3.63, 3.8) is 0 Å². The summed E-state index contributed by atoms with van der Waals surface area (Å²) in [6.07, 6.45) is 0.438. The summed E-state index contributed by atoms with van der Waals surface area (Å²) in [6.45, 7) is 4.41. The van der Waals surface area contributed by atoms with Crippen LogP contribution in [0.15, 0.2) is 59.5 Å². The van der Waals surface area contributed by atoms with Gasteiger partial charge in [-0.2, -0.15) is 10.4 Å². The lowest BCUT2D eigenvalue weighted by molar-refractivity contribution is 0.103. The smallest absolute Gasteiger partial charge is 0.265 e. The summed E-state index contributed by atoms with van der Waals surface area (Å²) in [7, 11) is 0. The van der Waals surface area contributed by atoms with E-state index in [4.69, 9.17) is 5.26 Å². The Kier molecular flexibility index (Phi) is 6.58. The summed E-state index contributed by atoms with van der Waals surface area (Å²) in [6, 6.07) is 18.0. The van der Waals surface area contributed by atoms with Gasteiger partial charge < -0.3 is 5.32 Å². The van der Waals surface area contributed by atoms with E-state index in [1.807, 2.05) is 48.9 Å². The van der Waals surface area contributed by atoms with Crippen LogP contribution in [0.1, 0.15) is 34.3 Å².